The molecule has 4 rings (SSSR count). The quantitative estimate of drug-likeness (QED) is 0.474. The van der Waals surface area contributed by atoms with Crippen LogP contribution in [0.5, 0.6) is 0 Å². The number of ether oxygens (including phenoxy) is 1. The number of rotatable bonds is 2. The van der Waals surface area contributed by atoms with E-state index in [1.54, 1.807) is 0 Å². The van der Waals surface area contributed by atoms with Gasteiger partial charge in [0.05, 0.1) is 6.10 Å². The molecular weight excluding hydrogens is 288 g/mol. The molecule has 5 heteroatoms. The summed E-state index contributed by atoms with van der Waals surface area (Å²) in [4.78, 5) is 9.61. The third kappa shape index (κ3) is 2.49. The van der Waals surface area contributed by atoms with Crippen LogP contribution in [0.2, 0.25) is 0 Å². The average Bonchev–Trinajstić information content (AvgIpc) is 3.28. The highest BCUT2D eigenvalue weighted by Gasteiger charge is 2.59. The van der Waals surface area contributed by atoms with Gasteiger partial charge in [0.25, 0.3) is 0 Å². The largest absolute Gasteiger partial charge is 0.377 e. The third-order valence-electron chi connectivity index (χ3n) is 6.42. The van der Waals surface area contributed by atoms with Crippen LogP contribution in [0.25, 0.3) is 0 Å². The van der Waals surface area contributed by atoms with E-state index in [4.69, 9.17) is 4.74 Å². The highest BCUT2D eigenvalue weighted by atomic mass is 16.5. The minimum atomic E-state index is 0.203. The van der Waals surface area contributed by atoms with Crippen molar-refractivity contribution < 1.29 is 4.74 Å². The predicted molar refractivity (Wildman–Crippen MR) is 92.6 cm³/mol. The van der Waals surface area contributed by atoms with Gasteiger partial charge in [-0.3, -0.25) is 9.89 Å². The lowest BCUT2D eigenvalue weighted by molar-refractivity contribution is -0.107. The first-order chi connectivity index (χ1) is 11.1. The second-order valence-electron chi connectivity index (χ2n) is 8.05. The summed E-state index contributed by atoms with van der Waals surface area (Å²) < 4.78 is 5.92. The summed E-state index contributed by atoms with van der Waals surface area (Å²) in [5.74, 6) is 1.74. The Balaban J connectivity index is 1.38. The van der Waals surface area contributed by atoms with Crippen LogP contribution in [0, 0.1) is 11.3 Å². The SMILES string of the molecule is CN=C(NC1C2CCOC2C1(C)C)N1CCC(N2CC=CC2)C1. The van der Waals surface area contributed by atoms with Crippen LogP contribution in [0.4, 0.5) is 0 Å². The molecule has 0 aromatic rings. The molecule has 4 atom stereocenters. The summed E-state index contributed by atoms with van der Waals surface area (Å²) in [7, 11) is 1.92. The summed E-state index contributed by atoms with van der Waals surface area (Å²) in [5.41, 5.74) is 0.203. The van der Waals surface area contributed by atoms with E-state index in [-0.39, 0.29) is 5.41 Å². The third-order valence-corrected chi connectivity index (χ3v) is 6.42. The van der Waals surface area contributed by atoms with Crippen molar-refractivity contribution in [2.45, 2.75) is 44.9 Å². The lowest BCUT2D eigenvalue weighted by atomic mass is 9.57. The number of nitrogens with zero attached hydrogens (tertiary/aromatic N) is 3. The Kier molecular flexibility index (Phi) is 3.88. The summed E-state index contributed by atoms with van der Waals surface area (Å²) in [6.07, 6.45) is 7.43. The Morgan fingerprint density at radius 3 is 2.78 bits per heavy atom. The maximum atomic E-state index is 5.92. The smallest absolute Gasteiger partial charge is 0.193 e. The molecule has 128 valence electrons. The second kappa shape index (κ2) is 5.78. The van der Waals surface area contributed by atoms with Gasteiger partial charge in [-0.2, -0.15) is 0 Å². The summed E-state index contributed by atoms with van der Waals surface area (Å²) >= 11 is 0. The Morgan fingerprint density at radius 2 is 2.04 bits per heavy atom. The summed E-state index contributed by atoms with van der Waals surface area (Å²) in [6.45, 7) is 10.0. The van der Waals surface area contributed by atoms with Gasteiger partial charge in [0.15, 0.2) is 5.96 Å². The van der Waals surface area contributed by atoms with Gasteiger partial charge in [-0.15, -0.1) is 0 Å². The number of hydrogen-bond donors (Lipinski definition) is 1. The number of nitrogens with one attached hydrogen (secondary N) is 1. The maximum absolute atomic E-state index is 5.92. The van der Waals surface area contributed by atoms with E-state index < -0.39 is 0 Å². The Hall–Kier alpha value is -1.07. The van der Waals surface area contributed by atoms with Crippen molar-refractivity contribution in [3.63, 3.8) is 0 Å². The molecule has 0 radical (unpaired) electrons. The Morgan fingerprint density at radius 1 is 1.26 bits per heavy atom. The fourth-order valence-electron chi connectivity index (χ4n) is 5.08. The monoisotopic (exact) mass is 318 g/mol. The van der Waals surface area contributed by atoms with Crippen LogP contribution in [0.15, 0.2) is 17.1 Å². The van der Waals surface area contributed by atoms with E-state index in [1.807, 2.05) is 7.05 Å². The van der Waals surface area contributed by atoms with E-state index in [2.05, 4.69) is 46.1 Å². The van der Waals surface area contributed by atoms with E-state index in [9.17, 15) is 0 Å². The van der Waals surface area contributed by atoms with E-state index >= 15 is 0 Å². The first kappa shape index (κ1) is 15.5. The number of fused-ring (bicyclic) bond motifs is 1. The minimum absolute atomic E-state index is 0.203. The zero-order chi connectivity index (χ0) is 16.0. The average molecular weight is 318 g/mol. The molecule has 4 aliphatic rings. The highest BCUT2D eigenvalue weighted by Crippen LogP contribution is 2.52. The lowest BCUT2D eigenvalue weighted by Gasteiger charge is -2.55. The van der Waals surface area contributed by atoms with E-state index in [0.29, 0.717) is 24.1 Å². The summed E-state index contributed by atoms with van der Waals surface area (Å²) in [6, 6.07) is 1.15. The number of aliphatic imine (C=N–C) groups is 1. The number of likely N-dealkylation sites (tertiary alicyclic amines) is 1. The van der Waals surface area contributed by atoms with Crippen molar-refractivity contribution in [1.29, 1.82) is 0 Å². The molecule has 3 aliphatic heterocycles. The normalized spacial score (nSPS) is 39.6. The molecule has 1 saturated carbocycles. The van der Waals surface area contributed by atoms with Gasteiger partial charge in [-0.25, -0.2) is 0 Å². The minimum Gasteiger partial charge on any atom is -0.377 e. The molecule has 0 amide bonds. The Bertz CT molecular complexity index is 507. The molecule has 0 spiro atoms. The highest BCUT2D eigenvalue weighted by molar-refractivity contribution is 5.81. The zero-order valence-electron chi connectivity index (χ0n) is 14.7. The van der Waals surface area contributed by atoms with Crippen molar-refractivity contribution in [3.05, 3.63) is 12.2 Å². The first-order valence-corrected chi connectivity index (χ1v) is 9.10. The molecule has 1 aliphatic carbocycles. The number of guanidine groups is 1. The topological polar surface area (TPSA) is 40.1 Å². The molecule has 2 saturated heterocycles. The van der Waals surface area contributed by atoms with Crippen LogP contribution in [-0.2, 0) is 4.74 Å². The van der Waals surface area contributed by atoms with Gasteiger partial charge < -0.3 is 15.0 Å². The molecule has 23 heavy (non-hydrogen) atoms. The lowest BCUT2D eigenvalue weighted by Crippen LogP contribution is -2.68. The van der Waals surface area contributed by atoms with Gasteiger partial charge in [-0.05, 0) is 12.8 Å². The van der Waals surface area contributed by atoms with Crippen molar-refractivity contribution in [2.24, 2.45) is 16.3 Å². The number of hydrogen-bond acceptors (Lipinski definition) is 3. The van der Waals surface area contributed by atoms with Gasteiger partial charge in [0.1, 0.15) is 0 Å². The summed E-state index contributed by atoms with van der Waals surface area (Å²) in [5, 5.41) is 3.78. The second-order valence-corrected chi connectivity index (χ2v) is 8.05. The van der Waals surface area contributed by atoms with Crippen molar-refractivity contribution >= 4 is 5.96 Å². The van der Waals surface area contributed by atoms with Gasteiger partial charge in [0, 0.05) is 63.3 Å². The van der Waals surface area contributed by atoms with Gasteiger partial charge >= 0.3 is 0 Å². The molecule has 3 heterocycles. The molecule has 0 aromatic heterocycles. The molecule has 3 fully saturated rings. The van der Waals surface area contributed by atoms with Crippen LogP contribution in [0.1, 0.15) is 26.7 Å². The van der Waals surface area contributed by atoms with Crippen LogP contribution in [0.3, 0.4) is 0 Å². The van der Waals surface area contributed by atoms with Crippen molar-refractivity contribution in [3.8, 4) is 0 Å². The van der Waals surface area contributed by atoms with Gasteiger partial charge in [-0.1, -0.05) is 26.0 Å². The molecule has 4 unspecified atom stereocenters. The fraction of sp³-hybridized carbons (Fsp3) is 0.833. The molecule has 5 nitrogen and oxygen atoms in total. The maximum Gasteiger partial charge on any atom is 0.193 e. The fourth-order valence-corrected chi connectivity index (χ4v) is 5.08. The standard InChI is InChI=1S/C18H30N4O/c1-18(2)15(14-7-11-23-16(14)18)20-17(19-3)22-10-6-13(12-22)21-8-4-5-9-21/h4-5,13-16H,6-12H2,1-3H3,(H,19,20). The first-order valence-electron chi connectivity index (χ1n) is 9.10. The van der Waals surface area contributed by atoms with Crippen molar-refractivity contribution in [2.75, 3.05) is 39.8 Å². The zero-order valence-corrected chi connectivity index (χ0v) is 14.7. The molecular formula is C18H30N4O. The van der Waals surface area contributed by atoms with Crippen molar-refractivity contribution in [1.82, 2.24) is 15.1 Å². The van der Waals surface area contributed by atoms with E-state index in [0.717, 1.165) is 38.7 Å². The molecule has 0 aromatic carbocycles. The molecule has 0 bridgehead atoms. The molecule has 1 N–H and O–H groups in total. The predicted octanol–water partition coefficient (Wildman–Crippen LogP) is 1.32. The van der Waals surface area contributed by atoms with Crippen LogP contribution in [-0.4, -0.2) is 73.8 Å². The Labute approximate surface area is 139 Å². The van der Waals surface area contributed by atoms with Crippen LogP contribution < -0.4 is 5.32 Å². The van der Waals surface area contributed by atoms with Gasteiger partial charge in [0.2, 0.25) is 0 Å². The van der Waals surface area contributed by atoms with Crippen LogP contribution >= 0.6 is 0 Å². The van der Waals surface area contributed by atoms with E-state index in [1.165, 1.54) is 12.8 Å².